The van der Waals surface area contributed by atoms with Crippen molar-refractivity contribution in [3.8, 4) is 0 Å². The highest BCUT2D eigenvalue weighted by molar-refractivity contribution is 7.92. The van der Waals surface area contributed by atoms with Crippen LogP contribution in [-0.2, 0) is 32.6 Å². The molecule has 0 aromatic heterocycles. The van der Waals surface area contributed by atoms with Crippen molar-refractivity contribution in [2.45, 2.75) is 59.0 Å². The van der Waals surface area contributed by atoms with Crippen molar-refractivity contribution >= 4 is 27.5 Å². The number of rotatable bonds is 14. The van der Waals surface area contributed by atoms with Crippen molar-refractivity contribution in [1.82, 2.24) is 10.2 Å². The summed E-state index contributed by atoms with van der Waals surface area (Å²) in [5.74, 6) is -0.934. The molecule has 3 rings (SSSR count). The minimum Gasteiger partial charge on any atom is -0.354 e. The van der Waals surface area contributed by atoms with E-state index >= 15 is 0 Å². The van der Waals surface area contributed by atoms with Gasteiger partial charge in [-0.1, -0.05) is 61.5 Å². The molecule has 0 saturated heterocycles. The zero-order chi connectivity index (χ0) is 30.0. The number of hydrogen-bond donors (Lipinski definition) is 1. The predicted octanol–water partition coefficient (Wildman–Crippen LogP) is 5.16. The van der Waals surface area contributed by atoms with Gasteiger partial charge in [-0.2, -0.15) is 0 Å². The summed E-state index contributed by atoms with van der Waals surface area (Å²) < 4.78 is 40.4. The summed E-state index contributed by atoms with van der Waals surface area (Å²) >= 11 is 0. The number of hydrogen-bond acceptors (Lipinski definition) is 4. The number of carbonyl (C=O) groups is 2. The highest BCUT2D eigenvalue weighted by Crippen LogP contribution is 2.25. The van der Waals surface area contributed by atoms with E-state index in [1.54, 1.807) is 12.1 Å². The number of aryl methyl sites for hydroxylation is 2. The van der Waals surface area contributed by atoms with Gasteiger partial charge < -0.3 is 10.2 Å². The van der Waals surface area contributed by atoms with Gasteiger partial charge in [-0.25, -0.2) is 12.8 Å². The molecule has 1 N–H and O–H groups in total. The van der Waals surface area contributed by atoms with Crippen LogP contribution in [0.5, 0.6) is 0 Å². The zero-order valence-corrected chi connectivity index (χ0v) is 25.1. The molecule has 220 valence electrons. The molecule has 0 spiro atoms. The molecule has 41 heavy (non-hydrogen) atoms. The second-order valence-corrected chi connectivity index (χ2v) is 12.3. The summed E-state index contributed by atoms with van der Waals surface area (Å²) in [5, 5.41) is 2.93. The minimum atomic E-state index is -3.60. The molecule has 0 bridgehead atoms. The monoisotopic (exact) mass is 581 g/mol. The average molecular weight is 582 g/mol. The zero-order valence-electron chi connectivity index (χ0n) is 24.3. The smallest absolute Gasteiger partial charge is 0.243 e. The Bertz CT molecular complexity index is 1410. The molecular weight excluding hydrogens is 541 g/mol. The molecule has 9 heteroatoms. The third-order valence-corrected chi connectivity index (χ3v) is 8.05. The number of sulfonamides is 1. The van der Waals surface area contributed by atoms with E-state index in [2.05, 4.69) is 5.32 Å². The van der Waals surface area contributed by atoms with Gasteiger partial charge in [0.2, 0.25) is 21.8 Å². The van der Waals surface area contributed by atoms with Crippen LogP contribution in [0.15, 0.2) is 72.8 Å². The average Bonchev–Trinajstić information content (AvgIpc) is 2.94. The molecule has 0 aliphatic carbocycles. The van der Waals surface area contributed by atoms with Crippen LogP contribution in [0.3, 0.4) is 0 Å². The van der Waals surface area contributed by atoms with Crippen LogP contribution in [0.25, 0.3) is 0 Å². The first-order valence-corrected chi connectivity index (χ1v) is 15.7. The highest BCUT2D eigenvalue weighted by atomic mass is 32.2. The van der Waals surface area contributed by atoms with Gasteiger partial charge in [0.15, 0.2) is 0 Å². The van der Waals surface area contributed by atoms with E-state index in [0.29, 0.717) is 24.2 Å². The number of nitrogens with zero attached hydrogens (tertiary/aromatic N) is 2. The lowest BCUT2D eigenvalue weighted by Gasteiger charge is -2.32. The van der Waals surface area contributed by atoms with Crippen molar-refractivity contribution in [2.24, 2.45) is 0 Å². The van der Waals surface area contributed by atoms with Crippen LogP contribution in [0, 0.1) is 19.7 Å². The molecule has 3 aromatic carbocycles. The molecule has 7 nitrogen and oxygen atoms in total. The third-order valence-electron chi connectivity index (χ3n) is 6.87. The number of amides is 2. The Kier molecular flexibility index (Phi) is 11.5. The van der Waals surface area contributed by atoms with Gasteiger partial charge in [0, 0.05) is 32.5 Å². The lowest BCUT2D eigenvalue weighted by molar-refractivity contribution is -0.141. The first-order valence-electron chi connectivity index (χ1n) is 13.9. The number of benzene rings is 3. The Morgan fingerprint density at radius 2 is 1.63 bits per heavy atom. The molecule has 0 radical (unpaired) electrons. The fourth-order valence-corrected chi connectivity index (χ4v) is 5.69. The number of halogens is 1. The topological polar surface area (TPSA) is 86.8 Å². The largest absolute Gasteiger partial charge is 0.354 e. The van der Waals surface area contributed by atoms with E-state index < -0.39 is 16.1 Å². The lowest BCUT2D eigenvalue weighted by atomic mass is 10.0. The minimum absolute atomic E-state index is 0.0322. The van der Waals surface area contributed by atoms with Gasteiger partial charge in [-0.3, -0.25) is 13.9 Å². The first-order chi connectivity index (χ1) is 19.5. The third kappa shape index (κ3) is 9.42. The molecule has 2 amide bonds. The highest BCUT2D eigenvalue weighted by Gasteiger charge is 2.30. The van der Waals surface area contributed by atoms with Crippen LogP contribution in [0.1, 0.15) is 48.4 Å². The van der Waals surface area contributed by atoms with Crippen molar-refractivity contribution in [3.63, 3.8) is 0 Å². The maximum absolute atomic E-state index is 13.8. The van der Waals surface area contributed by atoms with Crippen molar-refractivity contribution in [2.75, 3.05) is 23.7 Å². The summed E-state index contributed by atoms with van der Waals surface area (Å²) in [6.45, 7) is 6.41. The number of nitrogens with one attached hydrogen (secondary N) is 1. The Balaban J connectivity index is 1.88. The van der Waals surface area contributed by atoms with Gasteiger partial charge in [0.25, 0.3) is 0 Å². The van der Waals surface area contributed by atoms with Crippen LogP contribution < -0.4 is 9.62 Å². The maximum Gasteiger partial charge on any atom is 0.243 e. The van der Waals surface area contributed by atoms with E-state index in [9.17, 15) is 22.4 Å². The Morgan fingerprint density at radius 1 is 0.951 bits per heavy atom. The molecule has 0 aliphatic rings. The summed E-state index contributed by atoms with van der Waals surface area (Å²) in [5.41, 5.74) is 3.93. The molecule has 0 saturated carbocycles. The molecule has 1 atom stereocenters. The van der Waals surface area contributed by atoms with Gasteiger partial charge in [-0.15, -0.1) is 0 Å². The second-order valence-electron chi connectivity index (χ2n) is 10.4. The van der Waals surface area contributed by atoms with Crippen LogP contribution >= 0.6 is 0 Å². The normalized spacial score (nSPS) is 12.0. The summed E-state index contributed by atoms with van der Waals surface area (Å²) in [6, 6.07) is 20.2. The van der Waals surface area contributed by atoms with Gasteiger partial charge in [-0.05, 0) is 67.1 Å². The SMILES string of the molecule is CCCNC(=O)[C@H](Cc1ccccc1)N(Cc1ccc(F)cc1)C(=O)CCCN(c1cc(C)ccc1C)S(C)(=O)=O. The van der Waals surface area contributed by atoms with E-state index in [4.69, 9.17) is 0 Å². The lowest BCUT2D eigenvalue weighted by Crippen LogP contribution is -2.50. The maximum atomic E-state index is 13.8. The van der Waals surface area contributed by atoms with Crippen LogP contribution in [0.2, 0.25) is 0 Å². The molecule has 3 aromatic rings. The molecule has 0 aliphatic heterocycles. The van der Waals surface area contributed by atoms with Crippen LogP contribution in [0.4, 0.5) is 10.1 Å². The molecule has 0 fully saturated rings. The standard InChI is InChI=1S/C32H40FN3O4S/c1-5-19-34-32(38)30(22-26-10-7-6-8-11-26)35(23-27-15-17-28(33)18-16-27)31(37)12-9-20-36(41(4,39)40)29-21-24(2)13-14-25(29)3/h6-8,10-11,13-18,21,30H,5,9,12,19-20,22-23H2,1-4H3,(H,34,38)/t30-/m0/s1. The first kappa shape index (κ1) is 31.8. The Morgan fingerprint density at radius 3 is 2.27 bits per heavy atom. The van der Waals surface area contributed by atoms with Gasteiger partial charge >= 0.3 is 0 Å². The summed E-state index contributed by atoms with van der Waals surface area (Å²) in [7, 11) is -3.60. The van der Waals surface area contributed by atoms with Crippen LogP contribution in [-0.4, -0.2) is 50.5 Å². The summed E-state index contributed by atoms with van der Waals surface area (Å²) in [4.78, 5) is 28.8. The second kappa shape index (κ2) is 14.8. The molecule has 0 unspecified atom stereocenters. The fourth-order valence-electron chi connectivity index (χ4n) is 4.68. The fraction of sp³-hybridized carbons (Fsp3) is 0.375. The quantitative estimate of drug-likeness (QED) is 0.285. The summed E-state index contributed by atoms with van der Waals surface area (Å²) in [6.07, 6.45) is 2.50. The predicted molar refractivity (Wildman–Crippen MR) is 162 cm³/mol. The van der Waals surface area contributed by atoms with E-state index in [-0.39, 0.29) is 43.6 Å². The van der Waals surface area contributed by atoms with Crippen molar-refractivity contribution < 1.29 is 22.4 Å². The van der Waals surface area contributed by atoms with E-state index in [0.717, 1.165) is 29.4 Å². The van der Waals surface area contributed by atoms with Gasteiger partial charge in [0.05, 0.1) is 11.9 Å². The van der Waals surface area contributed by atoms with E-state index in [1.807, 2.05) is 69.3 Å². The van der Waals surface area contributed by atoms with Crippen molar-refractivity contribution in [1.29, 1.82) is 0 Å². The Labute approximate surface area is 243 Å². The number of anilines is 1. The van der Waals surface area contributed by atoms with E-state index in [1.165, 1.54) is 21.3 Å². The molecule has 0 heterocycles. The van der Waals surface area contributed by atoms with Gasteiger partial charge in [0.1, 0.15) is 11.9 Å². The Hall–Kier alpha value is -3.72. The molecular formula is C32H40FN3O4S. The number of carbonyl (C=O) groups excluding carboxylic acids is 2. The van der Waals surface area contributed by atoms with Crippen molar-refractivity contribution in [3.05, 3.63) is 101 Å².